The average molecular weight is 305 g/mol. The normalized spacial score (nSPS) is 19.9. The van der Waals surface area contributed by atoms with Crippen molar-refractivity contribution in [3.63, 3.8) is 0 Å². The summed E-state index contributed by atoms with van der Waals surface area (Å²) in [7, 11) is -9.22. The summed E-state index contributed by atoms with van der Waals surface area (Å²) in [6, 6.07) is 0. The number of alkyl halides is 1. The van der Waals surface area contributed by atoms with Gasteiger partial charge in [-0.1, -0.05) is 61.5 Å². The average Bonchev–Trinajstić information content (AvgIpc) is 1.80. The van der Waals surface area contributed by atoms with Gasteiger partial charge in [0.2, 0.25) is 0 Å². The minimum absolute atomic E-state index is 0.138. The van der Waals surface area contributed by atoms with Gasteiger partial charge in [-0.05, 0) is 6.42 Å². The van der Waals surface area contributed by atoms with Gasteiger partial charge in [0.1, 0.15) is 0 Å². The Morgan fingerprint density at radius 2 is 1.57 bits per heavy atom. The standard InChI is InChI=1S/C7H14BrF5S/c1-2-3-4-5-7(8)6-14(9,10,11,12)13/h7H,2-6H2,1H3. The molecule has 0 aliphatic rings. The van der Waals surface area contributed by atoms with Crippen LogP contribution in [0.3, 0.4) is 0 Å². The third-order valence-corrected chi connectivity index (χ3v) is 3.86. The van der Waals surface area contributed by atoms with Crippen LogP contribution >= 0.6 is 26.2 Å². The molecule has 0 aliphatic carbocycles. The van der Waals surface area contributed by atoms with Crippen LogP contribution in [0.1, 0.15) is 32.6 Å². The summed E-state index contributed by atoms with van der Waals surface area (Å²) >= 11 is 2.64. The highest BCUT2D eigenvalue weighted by Crippen LogP contribution is 2.98. The van der Waals surface area contributed by atoms with Gasteiger partial charge in [-0.3, -0.25) is 0 Å². The topological polar surface area (TPSA) is 0 Å². The van der Waals surface area contributed by atoms with Crippen molar-refractivity contribution in [1.29, 1.82) is 0 Å². The lowest BCUT2D eigenvalue weighted by Crippen LogP contribution is -2.19. The van der Waals surface area contributed by atoms with Crippen molar-refractivity contribution in [1.82, 2.24) is 0 Å². The van der Waals surface area contributed by atoms with E-state index in [1.54, 1.807) is 0 Å². The zero-order valence-electron chi connectivity index (χ0n) is 7.79. The first kappa shape index (κ1) is 14.5. The van der Waals surface area contributed by atoms with Crippen LogP contribution in [0.15, 0.2) is 0 Å². The molecular formula is C7H14BrF5S. The van der Waals surface area contributed by atoms with Gasteiger partial charge in [0, 0.05) is 4.83 Å². The predicted octanol–water partition coefficient (Wildman–Crippen LogP) is 5.63. The summed E-state index contributed by atoms with van der Waals surface area (Å²) in [6.07, 6.45) is 2.30. The molecule has 0 nitrogen and oxygen atoms in total. The van der Waals surface area contributed by atoms with Gasteiger partial charge in [0.25, 0.3) is 10.2 Å². The van der Waals surface area contributed by atoms with E-state index in [1.165, 1.54) is 0 Å². The van der Waals surface area contributed by atoms with Crippen LogP contribution in [0.5, 0.6) is 0 Å². The van der Waals surface area contributed by atoms with E-state index in [2.05, 4.69) is 15.9 Å². The van der Waals surface area contributed by atoms with E-state index >= 15 is 0 Å². The SMILES string of the molecule is CCCCCC(Br)CS(F)(F)(F)(F)F. The van der Waals surface area contributed by atoms with Gasteiger partial charge in [-0.2, -0.15) is 0 Å². The molecule has 1 atom stereocenters. The van der Waals surface area contributed by atoms with Gasteiger partial charge in [-0.25, -0.2) is 0 Å². The molecule has 14 heavy (non-hydrogen) atoms. The molecule has 0 bridgehead atoms. The zero-order valence-corrected chi connectivity index (χ0v) is 10.2. The lowest BCUT2D eigenvalue weighted by molar-refractivity contribution is 0.362. The Balaban J connectivity index is 4.02. The summed E-state index contributed by atoms with van der Waals surface area (Å²) in [5.41, 5.74) is 0. The molecule has 90 valence electrons. The van der Waals surface area contributed by atoms with Crippen molar-refractivity contribution in [2.75, 3.05) is 5.75 Å². The fraction of sp³-hybridized carbons (Fsp3) is 1.00. The molecule has 0 aromatic heterocycles. The van der Waals surface area contributed by atoms with Gasteiger partial charge < -0.3 is 0 Å². The fourth-order valence-electron chi connectivity index (χ4n) is 1.04. The minimum Gasteiger partial charge on any atom is -0.0978 e. The summed E-state index contributed by atoms with van der Waals surface area (Å²) in [5.74, 6) is -2.00. The van der Waals surface area contributed by atoms with Crippen LogP contribution < -0.4 is 0 Å². The Hall–Kier alpha value is 0.480. The fourth-order valence-corrected chi connectivity index (χ4v) is 3.71. The van der Waals surface area contributed by atoms with Gasteiger partial charge >= 0.3 is 0 Å². The highest BCUT2D eigenvalue weighted by molar-refractivity contribution is 9.09. The molecule has 0 saturated carbocycles. The highest BCUT2D eigenvalue weighted by atomic mass is 79.9. The molecular weight excluding hydrogens is 291 g/mol. The van der Waals surface area contributed by atoms with Crippen LogP contribution in [-0.4, -0.2) is 10.6 Å². The Labute approximate surface area is 89.1 Å². The molecule has 0 amide bonds. The van der Waals surface area contributed by atoms with Crippen LogP contribution in [0, 0.1) is 0 Å². The second-order valence-corrected chi connectivity index (χ2v) is 7.27. The van der Waals surface area contributed by atoms with Crippen molar-refractivity contribution in [2.45, 2.75) is 37.4 Å². The molecule has 0 fully saturated rings. The number of halogens is 6. The quantitative estimate of drug-likeness (QED) is 0.339. The van der Waals surface area contributed by atoms with E-state index in [9.17, 15) is 19.4 Å². The highest BCUT2D eigenvalue weighted by Gasteiger charge is 2.63. The van der Waals surface area contributed by atoms with Crippen LogP contribution in [0.25, 0.3) is 0 Å². The van der Waals surface area contributed by atoms with Crippen molar-refractivity contribution in [2.24, 2.45) is 0 Å². The Morgan fingerprint density at radius 1 is 1.07 bits per heavy atom. The van der Waals surface area contributed by atoms with Crippen LogP contribution in [0.4, 0.5) is 19.4 Å². The van der Waals surface area contributed by atoms with Crippen molar-refractivity contribution >= 4 is 26.2 Å². The van der Waals surface area contributed by atoms with Gasteiger partial charge in [0.05, 0.1) is 5.75 Å². The van der Waals surface area contributed by atoms with Crippen LogP contribution in [0.2, 0.25) is 0 Å². The molecule has 0 aromatic rings. The van der Waals surface area contributed by atoms with Gasteiger partial charge in [-0.15, -0.1) is 0 Å². The van der Waals surface area contributed by atoms with Crippen LogP contribution in [-0.2, 0) is 0 Å². The number of hydrogen-bond donors (Lipinski definition) is 0. The Kier molecular flexibility index (Phi) is 3.94. The van der Waals surface area contributed by atoms with Crippen molar-refractivity contribution in [3.8, 4) is 0 Å². The molecule has 0 N–H and O–H groups in total. The first-order chi connectivity index (χ1) is 5.93. The monoisotopic (exact) mass is 304 g/mol. The maximum absolute atomic E-state index is 11.9. The molecule has 0 rings (SSSR count). The first-order valence-corrected chi connectivity index (χ1v) is 7.34. The largest absolute Gasteiger partial charge is 0.286 e. The molecule has 0 aliphatic heterocycles. The second kappa shape index (κ2) is 3.81. The third-order valence-electron chi connectivity index (χ3n) is 1.62. The Morgan fingerprint density at radius 3 is 1.93 bits per heavy atom. The molecule has 0 spiro atoms. The molecule has 7 heteroatoms. The Bertz CT molecular complexity index is 185. The first-order valence-electron chi connectivity index (χ1n) is 4.30. The second-order valence-electron chi connectivity index (χ2n) is 3.39. The lowest BCUT2D eigenvalue weighted by Gasteiger charge is -2.41. The van der Waals surface area contributed by atoms with E-state index in [0.29, 0.717) is 6.42 Å². The van der Waals surface area contributed by atoms with Crippen molar-refractivity contribution < 1.29 is 19.4 Å². The molecule has 1 unspecified atom stereocenters. The summed E-state index contributed by atoms with van der Waals surface area (Å²) in [5, 5.41) is 0. The van der Waals surface area contributed by atoms with E-state index in [-0.39, 0.29) is 6.42 Å². The number of unbranched alkanes of at least 4 members (excludes halogenated alkanes) is 2. The molecule has 0 saturated heterocycles. The van der Waals surface area contributed by atoms with Crippen molar-refractivity contribution in [3.05, 3.63) is 0 Å². The summed E-state index contributed by atoms with van der Waals surface area (Å²) < 4.78 is 59.7. The molecule has 0 radical (unpaired) electrons. The maximum atomic E-state index is 11.9. The molecule has 0 aromatic carbocycles. The predicted molar refractivity (Wildman–Crippen MR) is 54.9 cm³/mol. The van der Waals surface area contributed by atoms with E-state index < -0.39 is 20.8 Å². The van der Waals surface area contributed by atoms with E-state index in [1.807, 2.05) is 6.92 Å². The van der Waals surface area contributed by atoms with E-state index in [0.717, 1.165) is 12.8 Å². The third kappa shape index (κ3) is 10.6. The van der Waals surface area contributed by atoms with E-state index in [4.69, 9.17) is 0 Å². The smallest absolute Gasteiger partial charge is 0.0978 e. The zero-order chi connectivity index (χ0) is 11.5. The number of rotatable bonds is 6. The maximum Gasteiger partial charge on any atom is 0.286 e. The lowest BCUT2D eigenvalue weighted by atomic mass is 10.2. The van der Waals surface area contributed by atoms with Gasteiger partial charge in [0.15, 0.2) is 0 Å². The minimum atomic E-state index is -9.22. The number of hydrogen-bond acceptors (Lipinski definition) is 0. The molecule has 0 heterocycles. The summed E-state index contributed by atoms with van der Waals surface area (Å²) in [6.45, 7) is 1.90. The summed E-state index contributed by atoms with van der Waals surface area (Å²) in [4.78, 5) is -1.16.